The molecule has 0 saturated heterocycles. The second kappa shape index (κ2) is 10.9. The van der Waals surface area contributed by atoms with Gasteiger partial charge in [-0.1, -0.05) is 34.7 Å². The fourth-order valence-electron chi connectivity index (χ4n) is 3.19. The predicted octanol–water partition coefficient (Wildman–Crippen LogP) is 5.36. The number of carbonyl (C=O) groups excluding carboxylic acids is 1. The minimum absolute atomic E-state index is 0.0188. The first kappa shape index (κ1) is 27.4. The van der Waals surface area contributed by atoms with Gasteiger partial charge in [0.1, 0.15) is 5.75 Å². The molecule has 188 valence electrons. The number of hydrogen-bond acceptors (Lipinski definition) is 5. The number of ether oxygens (including phenoxy) is 1. The fourth-order valence-corrected chi connectivity index (χ4v) is 4.30. The number of nitriles is 1. The number of nitrogens with one attached hydrogen (secondary N) is 1. The number of carbonyl (C=O) groups is 1. The highest BCUT2D eigenvalue weighted by Crippen LogP contribution is 2.36. The molecule has 12 heteroatoms. The lowest BCUT2D eigenvalue weighted by Gasteiger charge is -2.16. The number of alkyl halides is 3. The Morgan fingerprint density at radius 1 is 1.14 bits per heavy atom. The maximum absolute atomic E-state index is 15.4. The van der Waals surface area contributed by atoms with Gasteiger partial charge >= 0.3 is 0 Å². The molecule has 36 heavy (non-hydrogen) atoms. The zero-order valence-corrected chi connectivity index (χ0v) is 21.7. The Labute approximate surface area is 219 Å². The van der Waals surface area contributed by atoms with Crippen LogP contribution < -0.4 is 15.2 Å². The van der Waals surface area contributed by atoms with E-state index in [1.54, 1.807) is 12.1 Å². The Morgan fingerprint density at radius 2 is 1.78 bits per heavy atom. The van der Waals surface area contributed by atoms with E-state index in [4.69, 9.17) is 9.88 Å². The molecule has 0 unspecified atom stereocenters. The number of primary sulfonamides is 1. The minimum Gasteiger partial charge on any atom is -0.454 e. The first-order valence-electron chi connectivity index (χ1n) is 10.2. The van der Waals surface area contributed by atoms with Crippen molar-refractivity contribution >= 4 is 44.2 Å². The number of halogens is 4. The van der Waals surface area contributed by atoms with Crippen molar-refractivity contribution in [2.24, 2.45) is 5.14 Å². The van der Waals surface area contributed by atoms with Crippen molar-refractivity contribution in [2.75, 3.05) is 5.32 Å². The van der Waals surface area contributed by atoms with Gasteiger partial charge in [0, 0.05) is 33.7 Å². The number of nitrogens with zero attached hydrogens (tertiary/aromatic N) is 1. The quantitative estimate of drug-likeness (QED) is 0.257. The Morgan fingerprint density at radius 3 is 2.33 bits per heavy atom. The zero-order chi connectivity index (χ0) is 26.7. The summed E-state index contributed by atoms with van der Waals surface area (Å²) < 4.78 is 71.8. The summed E-state index contributed by atoms with van der Waals surface area (Å²) in [6, 6.07) is 13.1. The summed E-state index contributed by atoms with van der Waals surface area (Å²) in [4.78, 5) is 12.4. The number of hydrogen-bond donors (Lipinski definition) is 2. The van der Waals surface area contributed by atoms with Crippen LogP contribution >= 0.6 is 22.6 Å². The molecule has 0 aliphatic rings. The van der Waals surface area contributed by atoms with Gasteiger partial charge in [0.15, 0.2) is 11.6 Å². The third kappa shape index (κ3) is 6.74. The van der Waals surface area contributed by atoms with E-state index in [0.29, 0.717) is 16.9 Å². The number of anilines is 1. The first-order valence-corrected chi connectivity index (χ1v) is 13.3. The molecule has 3 rings (SSSR count). The molecule has 0 radical (unpaired) electrons. The van der Waals surface area contributed by atoms with Crippen molar-refractivity contribution in [1.82, 2.24) is 0 Å². The third-order valence-electron chi connectivity index (χ3n) is 4.98. The Bertz CT molecular complexity index is 1450. The van der Waals surface area contributed by atoms with Gasteiger partial charge in [-0.15, -0.1) is 0 Å². The summed E-state index contributed by atoms with van der Waals surface area (Å²) in [5.74, 6) is -5.08. The lowest BCUT2D eigenvalue weighted by molar-refractivity contribution is -0.115. The van der Waals surface area contributed by atoms with Crippen molar-refractivity contribution in [3.05, 3.63) is 82.7 Å². The largest absolute Gasteiger partial charge is 0.454 e. The highest BCUT2D eigenvalue weighted by atomic mass is 127. The van der Waals surface area contributed by atoms with Crippen LogP contribution in [-0.2, 0) is 31.6 Å². The SMILES string of the molecule is CC(F)(F)c1cc(C#N)cc(Oc2c(CI)ccc(CC(=O)Nc3ccc(S(N)(=O)=O)cc3)c2F)c1. The number of amides is 1. The predicted molar refractivity (Wildman–Crippen MR) is 135 cm³/mol. The summed E-state index contributed by atoms with van der Waals surface area (Å²) in [6.45, 7) is 0.672. The lowest BCUT2D eigenvalue weighted by Crippen LogP contribution is -2.16. The molecule has 0 aliphatic heterocycles. The van der Waals surface area contributed by atoms with E-state index in [9.17, 15) is 27.3 Å². The average molecular weight is 629 g/mol. The molecule has 0 aliphatic carbocycles. The molecule has 3 aromatic rings. The van der Waals surface area contributed by atoms with Crippen molar-refractivity contribution < 1.29 is 31.1 Å². The van der Waals surface area contributed by atoms with Crippen molar-refractivity contribution in [3.8, 4) is 17.6 Å². The fraction of sp³-hybridized carbons (Fsp3) is 0.167. The van der Waals surface area contributed by atoms with E-state index in [0.717, 1.165) is 12.1 Å². The van der Waals surface area contributed by atoms with Gasteiger partial charge in [-0.25, -0.2) is 26.7 Å². The first-order chi connectivity index (χ1) is 16.8. The number of benzene rings is 3. The lowest BCUT2D eigenvalue weighted by atomic mass is 10.1. The molecular weight excluding hydrogens is 610 g/mol. The van der Waals surface area contributed by atoms with Gasteiger partial charge in [-0.3, -0.25) is 4.79 Å². The summed E-state index contributed by atoms with van der Waals surface area (Å²) in [6.07, 6.45) is -0.392. The molecule has 3 aromatic carbocycles. The summed E-state index contributed by atoms with van der Waals surface area (Å²) in [7, 11) is -3.89. The van der Waals surface area contributed by atoms with Crippen LogP contribution in [0.25, 0.3) is 0 Å². The Hall–Kier alpha value is -3.15. The topological polar surface area (TPSA) is 122 Å². The van der Waals surface area contributed by atoms with Crippen molar-refractivity contribution in [2.45, 2.75) is 28.6 Å². The molecule has 0 bridgehead atoms. The second-order valence-corrected chi connectivity index (χ2v) is 10.1. The number of rotatable bonds is 8. The summed E-state index contributed by atoms with van der Waals surface area (Å²) >= 11 is 1.98. The summed E-state index contributed by atoms with van der Waals surface area (Å²) in [5, 5.41) is 16.8. The standard InChI is InChI=1S/C24H19F3IN3O4S/c1-24(26,27)17-8-14(13-29)9-19(11-17)35-23-16(12-28)3-2-15(22(23)25)10-21(32)31-18-4-6-20(7-5-18)36(30,33)34/h2-9,11H,10,12H2,1H3,(H,31,32)(H2,30,33,34). The molecule has 1 amide bonds. The van der Waals surface area contributed by atoms with E-state index in [1.165, 1.54) is 36.4 Å². The molecule has 7 nitrogen and oxygen atoms in total. The molecule has 0 heterocycles. The van der Waals surface area contributed by atoms with Gasteiger partial charge < -0.3 is 10.1 Å². The zero-order valence-electron chi connectivity index (χ0n) is 18.7. The van der Waals surface area contributed by atoms with E-state index in [1.807, 2.05) is 22.6 Å². The Balaban J connectivity index is 1.87. The molecular formula is C24H19F3IN3O4S. The van der Waals surface area contributed by atoms with Gasteiger partial charge in [0.05, 0.1) is 22.9 Å². The highest BCUT2D eigenvalue weighted by molar-refractivity contribution is 14.1. The van der Waals surface area contributed by atoms with E-state index in [-0.39, 0.29) is 33.2 Å². The van der Waals surface area contributed by atoms with Crippen LogP contribution in [0.2, 0.25) is 0 Å². The third-order valence-corrected chi connectivity index (χ3v) is 6.73. The van der Waals surface area contributed by atoms with E-state index >= 15 is 4.39 Å². The molecule has 0 saturated carbocycles. The normalized spacial score (nSPS) is 11.6. The number of nitrogens with two attached hydrogens (primary N) is 1. The smallest absolute Gasteiger partial charge is 0.270 e. The van der Waals surface area contributed by atoms with Gasteiger partial charge in [-0.2, -0.15) is 5.26 Å². The number of sulfonamides is 1. The molecule has 3 N–H and O–H groups in total. The monoisotopic (exact) mass is 629 g/mol. The van der Waals surface area contributed by atoms with Crippen LogP contribution in [0.1, 0.15) is 29.2 Å². The highest BCUT2D eigenvalue weighted by Gasteiger charge is 2.26. The van der Waals surface area contributed by atoms with E-state index in [2.05, 4.69) is 5.32 Å². The van der Waals surface area contributed by atoms with Crippen LogP contribution in [0, 0.1) is 17.1 Å². The Kier molecular flexibility index (Phi) is 8.27. The van der Waals surface area contributed by atoms with Crippen LogP contribution in [0.5, 0.6) is 11.5 Å². The van der Waals surface area contributed by atoms with Gasteiger partial charge in [-0.05, 0) is 42.5 Å². The van der Waals surface area contributed by atoms with Gasteiger partial charge in [0.25, 0.3) is 5.92 Å². The maximum atomic E-state index is 15.4. The van der Waals surface area contributed by atoms with Crippen LogP contribution in [0.4, 0.5) is 18.9 Å². The molecule has 0 atom stereocenters. The van der Waals surface area contributed by atoms with Crippen LogP contribution in [0.3, 0.4) is 0 Å². The molecule has 0 fully saturated rings. The minimum atomic E-state index is -3.89. The van der Waals surface area contributed by atoms with E-state index < -0.39 is 39.7 Å². The van der Waals surface area contributed by atoms with Crippen molar-refractivity contribution in [3.63, 3.8) is 0 Å². The van der Waals surface area contributed by atoms with Crippen LogP contribution in [0.15, 0.2) is 59.5 Å². The average Bonchev–Trinajstić information content (AvgIpc) is 2.80. The maximum Gasteiger partial charge on any atom is 0.270 e. The van der Waals surface area contributed by atoms with Gasteiger partial charge in [0.2, 0.25) is 15.9 Å². The van der Waals surface area contributed by atoms with Crippen LogP contribution in [-0.4, -0.2) is 14.3 Å². The van der Waals surface area contributed by atoms with Crippen molar-refractivity contribution in [1.29, 1.82) is 5.26 Å². The summed E-state index contributed by atoms with van der Waals surface area (Å²) in [5.41, 5.74) is 0.133. The second-order valence-electron chi connectivity index (χ2n) is 7.80. The molecule has 0 spiro atoms. The molecule has 0 aromatic heterocycles.